The molecule has 0 amide bonds. The summed E-state index contributed by atoms with van der Waals surface area (Å²) < 4.78 is 11.8. The molecule has 122 valence electrons. The third-order valence-corrected chi connectivity index (χ3v) is 3.42. The van der Waals surface area contributed by atoms with Crippen molar-refractivity contribution in [2.75, 3.05) is 13.7 Å². The summed E-state index contributed by atoms with van der Waals surface area (Å²) in [6, 6.07) is 3.71. The smallest absolute Gasteiger partial charge is 0.352 e. The van der Waals surface area contributed by atoms with Crippen molar-refractivity contribution in [1.29, 1.82) is 0 Å². The number of fused-ring (bicyclic) bond motifs is 1. The Bertz CT molecular complexity index is 884. The highest BCUT2D eigenvalue weighted by molar-refractivity contribution is 5.90. The number of carboxylic acids is 1. The number of rotatable bonds is 5. The minimum Gasteiger partial charge on any atom is -0.492 e. The number of ether oxygens (including phenoxy) is 2. The van der Waals surface area contributed by atoms with Crippen LogP contribution in [-0.2, 0) is 7.05 Å². The van der Waals surface area contributed by atoms with Gasteiger partial charge in [-0.1, -0.05) is 6.92 Å². The molecule has 1 heterocycles. The highest BCUT2D eigenvalue weighted by atomic mass is 16.5. The van der Waals surface area contributed by atoms with E-state index in [1.807, 2.05) is 6.92 Å². The molecule has 1 aromatic carbocycles. The van der Waals surface area contributed by atoms with E-state index in [1.54, 1.807) is 0 Å². The van der Waals surface area contributed by atoms with Crippen LogP contribution in [0.5, 0.6) is 11.5 Å². The van der Waals surface area contributed by atoms with Crippen molar-refractivity contribution in [3.8, 4) is 11.5 Å². The van der Waals surface area contributed by atoms with Crippen LogP contribution < -0.4 is 20.3 Å². The number of hydrogen-bond donors (Lipinski definition) is 1. The number of carbonyl (C=O) groups is 1. The summed E-state index contributed by atoms with van der Waals surface area (Å²) in [6.07, 6.45) is 0.694. The van der Waals surface area contributed by atoms with E-state index in [0.717, 1.165) is 6.07 Å². The van der Waals surface area contributed by atoms with Crippen molar-refractivity contribution in [1.82, 2.24) is 4.57 Å². The molecular formula is C16H17NO6. The Kier molecular flexibility index (Phi) is 4.68. The van der Waals surface area contributed by atoms with E-state index in [0.29, 0.717) is 13.0 Å². The lowest BCUT2D eigenvalue weighted by Crippen LogP contribution is -2.15. The Hall–Kier alpha value is -2.83. The largest absolute Gasteiger partial charge is 0.492 e. The van der Waals surface area contributed by atoms with Crippen molar-refractivity contribution in [2.24, 2.45) is 7.05 Å². The van der Waals surface area contributed by atoms with Gasteiger partial charge in [-0.3, -0.25) is 9.59 Å². The van der Waals surface area contributed by atoms with Gasteiger partial charge >= 0.3 is 5.97 Å². The van der Waals surface area contributed by atoms with Gasteiger partial charge in [-0.25, -0.2) is 4.79 Å². The van der Waals surface area contributed by atoms with Gasteiger partial charge < -0.3 is 19.1 Å². The topological polar surface area (TPSA) is 94.8 Å². The van der Waals surface area contributed by atoms with E-state index in [4.69, 9.17) is 9.47 Å². The monoisotopic (exact) mass is 319 g/mol. The van der Waals surface area contributed by atoms with Crippen molar-refractivity contribution in [3.63, 3.8) is 0 Å². The summed E-state index contributed by atoms with van der Waals surface area (Å²) in [7, 11) is 2.83. The summed E-state index contributed by atoms with van der Waals surface area (Å²) in [5, 5.41) is 9.37. The SMILES string of the molecule is CCCOc1cc2c(=O)cc(C(=O)O)n(C)c2cc(OC)c1=O. The molecule has 0 aliphatic carbocycles. The van der Waals surface area contributed by atoms with Gasteiger partial charge in [0.25, 0.3) is 5.43 Å². The summed E-state index contributed by atoms with van der Waals surface area (Å²) in [5.41, 5.74) is -0.905. The van der Waals surface area contributed by atoms with Gasteiger partial charge in [-0.2, -0.15) is 0 Å². The van der Waals surface area contributed by atoms with E-state index in [1.165, 1.54) is 30.9 Å². The zero-order valence-electron chi connectivity index (χ0n) is 13.1. The van der Waals surface area contributed by atoms with Gasteiger partial charge in [0.15, 0.2) is 16.9 Å². The average Bonchev–Trinajstić information content (AvgIpc) is 2.66. The molecule has 1 N–H and O–H groups in total. The van der Waals surface area contributed by atoms with Crippen molar-refractivity contribution < 1.29 is 19.4 Å². The van der Waals surface area contributed by atoms with Crippen LogP contribution in [0.3, 0.4) is 0 Å². The number of nitrogens with zero attached hydrogens (tertiary/aromatic N) is 1. The second-order valence-corrected chi connectivity index (χ2v) is 4.96. The number of aromatic nitrogens is 1. The summed E-state index contributed by atoms with van der Waals surface area (Å²) in [6.45, 7) is 2.21. The molecule has 0 atom stereocenters. The number of aromatic carboxylic acids is 1. The zero-order valence-corrected chi connectivity index (χ0v) is 13.1. The van der Waals surface area contributed by atoms with E-state index in [-0.39, 0.29) is 28.1 Å². The minimum absolute atomic E-state index is 0.00104. The fourth-order valence-corrected chi connectivity index (χ4v) is 2.24. The lowest BCUT2D eigenvalue weighted by Gasteiger charge is -2.07. The molecule has 23 heavy (non-hydrogen) atoms. The summed E-state index contributed by atoms with van der Waals surface area (Å²) in [5.74, 6) is -1.26. The maximum absolute atomic E-state index is 12.4. The maximum Gasteiger partial charge on any atom is 0.352 e. The molecular weight excluding hydrogens is 302 g/mol. The fraction of sp³-hybridized carbons (Fsp3) is 0.312. The Morgan fingerprint density at radius 1 is 1.22 bits per heavy atom. The fourth-order valence-electron chi connectivity index (χ4n) is 2.24. The number of methoxy groups -OCH3 is 1. The molecule has 0 bridgehead atoms. The predicted octanol–water partition coefficient (Wildman–Crippen LogP) is 1.39. The Labute approximate surface area is 131 Å². The Morgan fingerprint density at radius 3 is 2.48 bits per heavy atom. The van der Waals surface area contributed by atoms with Crippen LogP contribution in [-0.4, -0.2) is 29.4 Å². The highest BCUT2D eigenvalue weighted by Crippen LogP contribution is 2.19. The normalized spacial score (nSPS) is 10.6. The molecule has 2 aromatic rings. The Balaban J connectivity index is 2.96. The first kappa shape index (κ1) is 16.5. The first-order valence-electron chi connectivity index (χ1n) is 7.02. The van der Waals surface area contributed by atoms with Gasteiger partial charge in [0.2, 0.25) is 0 Å². The second kappa shape index (κ2) is 6.51. The molecule has 0 fully saturated rings. The summed E-state index contributed by atoms with van der Waals surface area (Å²) >= 11 is 0. The van der Waals surface area contributed by atoms with Crippen LogP contribution >= 0.6 is 0 Å². The molecule has 7 heteroatoms. The molecule has 0 aliphatic rings. The minimum atomic E-state index is -1.23. The molecule has 0 unspecified atom stereocenters. The van der Waals surface area contributed by atoms with Gasteiger partial charge in [-0.05, 0) is 12.5 Å². The van der Waals surface area contributed by atoms with E-state index in [2.05, 4.69) is 0 Å². The number of hydrogen-bond acceptors (Lipinski definition) is 5. The standard InChI is InChI=1S/C16H17NO6/c1-4-5-23-14-6-9-10(8-13(22-3)15(14)19)17(2)11(16(20)21)7-12(9)18/h6-8H,4-5H2,1-3H3,(H,20,21). The first-order chi connectivity index (χ1) is 10.9. The van der Waals surface area contributed by atoms with Gasteiger partial charge in [0, 0.05) is 24.6 Å². The molecule has 7 nitrogen and oxygen atoms in total. The average molecular weight is 319 g/mol. The lowest BCUT2D eigenvalue weighted by atomic mass is 10.2. The second-order valence-electron chi connectivity index (χ2n) is 4.96. The maximum atomic E-state index is 12.4. The molecule has 0 aliphatic heterocycles. The van der Waals surface area contributed by atoms with Crippen molar-refractivity contribution in [2.45, 2.75) is 13.3 Å². The molecule has 2 rings (SSSR count). The quantitative estimate of drug-likeness (QED) is 0.895. The Morgan fingerprint density at radius 2 is 1.91 bits per heavy atom. The number of carboxylic acid groups (broad SMARTS) is 1. The van der Waals surface area contributed by atoms with Crippen molar-refractivity contribution >= 4 is 16.9 Å². The third kappa shape index (κ3) is 3.03. The molecule has 1 aromatic heterocycles. The predicted molar refractivity (Wildman–Crippen MR) is 84.8 cm³/mol. The number of aryl methyl sites for hydroxylation is 1. The highest BCUT2D eigenvalue weighted by Gasteiger charge is 2.15. The number of pyridine rings is 1. The molecule has 0 spiro atoms. The van der Waals surface area contributed by atoms with Crippen LogP contribution in [0.25, 0.3) is 10.9 Å². The lowest BCUT2D eigenvalue weighted by molar-refractivity contribution is 0.0686. The van der Waals surface area contributed by atoms with Crippen LogP contribution in [0.15, 0.2) is 27.8 Å². The van der Waals surface area contributed by atoms with Crippen LogP contribution in [0.2, 0.25) is 0 Å². The molecule has 0 radical (unpaired) electrons. The van der Waals surface area contributed by atoms with E-state index in [9.17, 15) is 19.5 Å². The third-order valence-electron chi connectivity index (χ3n) is 3.42. The molecule has 0 saturated carbocycles. The van der Waals surface area contributed by atoms with Gasteiger partial charge in [0.05, 0.1) is 19.2 Å². The van der Waals surface area contributed by atoms with E-state index < -0.39 is 16.8 Å². The van der Waals surface area contributed by atoms with Crippen molar-refractivity contribution in [3.05, 3.63) is 44.3 Å². The zero-order chi connectivity index (χ0) is 17.1. The summed E-state index contributed by atoms with van der Waals surface area (Å²) in [4.78, 5) is 35.9. The van der Waals surface area contributed by atoms with Crippen LogP contribution in [0.1, 0.15) is 23.8 Å². The molecule has 0 saturated heterocycles. The van der Waals surface area contributed by atoms with Gasteiger partial charge in [-0.15, -0.1) is 0 Å². The first-order valence-corrected chi connectivity index (χ1v) is 7.02. The van der Waals surface area contributed by atoms with Gasteiger partial charge in [0.1, 0.15) is 5.69 Å². The van der Waals surface area contributed by atoms with Crippen LogP contribution in [0, 0.1) is 0 Å². The van der Waals surface area contributed by atoms with E-state index >= 15 is 0 Å². The van der Waals surface area contributed by atoms with Crippen LogP contribution in [0.4, 0.5) is 0 Å².